The molecule has 0 bridgehead atoms. The van der Waals surface area contributed by atoms with E-state index < -0.39 is 24.6 Å². The molecule has 76 valence electrons. The molecule has 2 heterocycles. The molecule has 0 aliphatic carbocycles. The largest absolute Gasteiger partial charge is 0.533 e. The highest BCUT2D eigenvalue weighted by Gasteiger charge is 2.67. The van der Waals surface area contributed by atoms with Crippen LogP contribution in [0.15, 0.2) is 0 Å². The monoisotopic (exact) mass is 193 g/mol. The summed E-state index contributed by atoms with van der Waals surface area (Å²) in [6.07, 6.45) is -1.37. The third-order valence-electron chi connectivity index (χ3n) is 2.33. The summed E-state index contributed by atoms with van der Waals surface area (Å²) < 4.78 is 13.8. The number of ether oxygens (including phenoxy) is 1. The summed E-state index contributed by atoms with van der Waals surface area (Å²) in [6.45, 7) is -2.52. The first-order valence-corrected chi connectivity index (χ1v) is 3.82. The molecule has 0 spiro atoms. The molecule has 0 aromatic rings. The van der Waals surface area contributed by atoms with Gasteiger partial charge in [0.2, 0.25) is 5.79 Å². The van der Waals surface area contributed by atoms with Crippen molar-refractivity contribution in [3.63, 3.8) is 0 Å². The second-order valence-electron chi connectivity index (χ2n) is 3.34. The van der Waals surface area contributed by atoms with Crippen LogP contribution in [0.2, 0.25) is 0 Å². The fourth-order valence-electron chi connectivity index (χ4n) is 1.61. The normalized spacial score (nSPS) is 53.8. The van der Waals surface area contributed by atoms with Crippen molar-refractivity contribution in [1.29, 1.82) is 0 Å². The van der Waals surface area contributed by atoms with E-state index in [9.17, 15) is 10.2 Å². The van der Waals surface area contributed by atoms with Crippen molar-refractivity contribution < 1.29 is 34.3 Å². The van der Waals surface area contributed by atoms with Gasteiger partial charge in [0.25, 0.3) is 0 Å². The molecule has 2 rings (SSSR count). The third-order valence-corrected chi connectivity index (χ3v) is 2.33. The van der Waals surface area contributed by atoms with Crippen molar-refractivity contribution >= 4 is 6.96 Å². The average Bonchev–Trinajstić information content (AvgIpc) is 2.24. The first-order valence-electron chi connectivity index (χ1n) is 3.82. The Hall–Kier alpha value is -0.215. The number of aliphatic hydroxyl groups is 2. The molecule has 8 heteroatoms. The Labute approximate surface area is 73.5 Å². The highest BCUT2D eigenvalue weighted by molar-refractivity contribution is 6.51. The van der Waals surface area contributed by atoms with Crippen molar-refractivity contribution in [2.45, 2.75) is 24.6 Å². The minimum Gasteiger partial charge on any atom is -0.533 e. The highest BCUT2D eigenvalue weighted by Crippen LogP contribution is 2.45. The Morgan fingerprint density at radius 3 is 2.54 bits per heavy atom. The molecular weight excluding hydrogens is 183 g/mol. The molecular formula is C5H10BO7-. The van der Waals surface area contributed by atoms with E-state index in [1.807, 2.05) is 0 Å². The molecule has 2 saturated heterocycles. The van der Waals surface area contributed by atoms with Crippen molar-refractivity contribution in [3.8, 4) is 0 Å². The summed E-state index contributed by atoms with van der Waals surface area (Å²) >= 11 is 0. The van der Waals surface area contributed by atoms with Crippen LogP contribution in [0.5, 0.6) is 0 Å². The summed E-state index contributed by atoms with van der Waals surface area (Å²) in [4.78, 5) is 0. The SMILES string of the molecule is C[C@]12OC[C@H](O)[C@]1(O)O[B-](O)(O)O2. The highest BCUT2D eigenvalue weighted by atomic mass is 16.9. The van der Waals surface area contributed by atoms with E-state index >= 15 is 0 Å². The lowest BCUT2D eigenvalue weighted by atomic mass is 10.1. The predicted octanol–water partition coefficient (Wildman–Crippen LogP) is -2.75. The van der Waals surface area contributed by atoms with Crippen molar-refractivity contribution in [1.82, 2.24) is 0 Å². The van der Waals surface area contributed by atoms with Gasteiger partial charge in [0.15, 0.2) is 5.79 Å². The standard InChI is InChI=1S/C5H10BO7/c1-4-5(8,3(7)2-11-4)13-6(9,10)12-4/h3,7-10H,2H2,1H3/q-1/t3-,4+,5-/m0/s1. The molecule has 4 N–H and O–H groups in total. The molecule has 2 fully saturated rings. The quantitative estimate of drug-likeness (QED) is 0.309. The summed E-state index contributed by atoms with van der Waals surface area (Å²) in [5, 5.41) is 36.9. The third kappa shape index (κ3) is 1.05. The van der Waals surface area contributed by atoms with E-state index in [0.29, 0.717) is 0 Å². The maximum atomic E-state index is 9.67. The van der Waals surface area contributed by atoms with E-state index in [4.69, 9.17) is 14.8 Å². The van der Waals surface area contributed by atoms with Gasteiger partial charge in [0.1, 0.15) is 6.10 Å². The molecule has 0 aromatic heterocycles. The van der Waals surface area contributed by atoms with E-state index in [1.54, 1.807) is 0 Å². The molecule has 2 aliphatic heterocycles. The second-order valence-corrected chi connectivity index (χ2v) is 3.34. The number of fused-ring (bicyclic) bond motifs is 1. The Kier molecular flexibility index (Phi) is 1.60. The van der Waals surface area contributed by atoms with Gasteiger partial charge in [0, 0.05) is 0 Å². The van der Waals surface area contributed by atoms with Gasteiger partial charge in [-0.3, -0.25) is 0 Å². The smallest absolute Gasteiger partial charge is 0.530 e. The minimum atomic E-state index is -3.58. The van der Waals surface area contributed by atoms with E-state index in [-0.39, 0.29) is 6.61 Å². The van der Waals surface area contributed by atoms with Gasteiger partial charge in [-0.25, -0.2) is 0 Å². The predicted molar refractivity (Wildman–Crippen MR) is 37.7 cm³/mol. The Bertz CT molecular complexity index is 245. The summed E-state index contributed by atoms with van der Waals surface area (Å²) in [5.41, 5.74) is 0. The summed E-state index contributed by atoms with van der Waals surface area (Å²) in [5.74, 6) is -3.97. The zero-order valence-corrected chi connectivity index (χ0v) is 6.88. The van der Waals surface area contributed by atoms with Crippen LogP contribution >= 0.6 is 0 Å². The summed E-state index contributed by atoms with van der Waals surface area (Å²) in [6, 6.07) is 0. The number of hydrogen-bond donors (Lipinski definition) is 4. The summed E-state index contributed by atoms with van der Waals surface area (Å²) in [7, 11) is 0. The molecule has 0 radical (unpaired) electrons. The van der Waals surface area contributed by atoms with Crippen LogP contribution in [0.4, 0.5) is 0 Å². The van der Waals surface area contributed by atoms with Crippen LogP contribution in [-0.2, 0) is 14.0 Å². The van der Waals surface area contributed by atoms with Gasteiger partial charge < -0.3 is 34.3 Å². The Balaban J connectivity index is 2.36. The fourth-order valence-corrected chi connectivity index (χ4v) is 1.61. The molecule has 0 aromatic carbocycles. The van der Waals surface area contributed by atoms with Crippen LogP contribution in [0.3, 0.4) is 0 Å². The van der Waals surface area contributed by atoms with Crippen molar-refractivity contribution in [2.24, 2.45) is 0 Å². The molecule has 0 amide bonds. The topological polar surface area (TPSA) is 109 Å². The zero-order chi connectivity index (χ0) is 9.91. The van der Waals surface area contributed by atoms with Crippen molar-refractivity contribution in [2.75, 3.05) is 6.61 Å². The molecule has 13 heavy (non-hydrogen) atoms. The fraction of sp³-hybridized carbons (Fsp3) is 1.00. The average molecular weight is 193 g/mol. The van der Waals surface area contributed by atoms with Crippen molar-refractivity contribution in [3.05, 3.63) is 0 Å². The van der Waals surface area contributed by atoms with Gasteiger partial charge in [-0.15, -0.1) is 0 Å². The molecule has 7 nitrogen and oxygen atoms in total. The Morgan fingerprint density at radius 2 is 2.00 bits per heavy atom. The van der Waals surface area contributed by atoms with E-state index in [0.717, 1.165) is 0 Å². The Morgan fingerprint density at radius 1 is 1.38 bits per heavy atom. The van der Waals surface area contributed by atoms with Crippen LogP contribution in [-0.4, -0.2) is 51.5 Å². The molecule has 2 aliphatic rings. The van der Waals surface area contributed by atoms with Gasteiger partial charge >= 0.3 is 6.96 Å². The lowest BCUT2D eigenvalue weighted by Gasteiger charge is -2.33. The van der Waals surface area contributed by atoms with Gasteiger partial charge in [0.05, 0.1) is 6.61 Å². The van der Waals surface area contributed by atoms with Crippen LogP contribution in [0, 0.1) is 0 Å². The lowest BCUT2D eigenvalue weighted by molar-refractivity contribution is -0.271. The zero-order valence-electron chi connectivity index (χ0n) is 6.88. The lowest BCUT2D eigenvalue weighted by Crippen LogP contribution is -2.52. The second kappa shape index (κ2) is 2.23. The van der Waals surface area contributed by atoms with E-state index in [1.165, 1.54) is 6.92 Å². The number of hydrogen-bond acceptors (Lipinski definition) is 7. The van der Waals surface area contributed by atoms with Gasteiger partial charge in [-0.05, 0) is 6.92 Å². The first-order chi connectivity index (χ1) is 5.79. The van der Waals surface area contributed by atoms with E-state index in [2.05, 4.69) is 9.31 Å². The number of rotatable bonds is 0. The molecule has 3 atom stereocenters. The maximum Gasteiger partial charge on any atom is 0.530 e. The van der Waals surface area contributed by atoms with Gasteiger partial charge in [-0.1, -0.05) is 0 Å². The van der Waals surface area contributed by atoms with Crippen LogP contribution in [0.25, 0.3) is 0 Å². The number of aliphatic hydroxyl groups excluding tert-OH is 1. The molecule has 0 saturated carbocycles. The van der Waals surface area contributed by atoms with Gasteiger partial charge in [-0.2, -0.15) is 0 Å². The van der Waals surface area contributed by atoms with Crippen LogP contribution < -0.4 is 0 Å². The first kappa shape index (κ1) is 9.34. The maximum absolute atomic E-state index is 9.67. The minimum absolute atomic E-state index is 0.195. The molecule has 0 unspecified atom stereocenters. The van der Waals surface area contributed by atoms with Crippen LogP contribution in [0.1, 0.15) is 6.92 Å².